The van der Waals surface area contributed by atoms with Gasteiger partial charge in [0.05, 0.1) is 23.1 Å². The fourth-order valence-corrected chi connectivity index (χ4v) is 10.7. The number of ether oxygens (including phenoxy) is 1. The maximum Gasteiger partial charge on any atom is 0.264 e. The average Bonchev–Trinajstić information content (AvgIpc) is 3.05. The quantitative estimate of drug-likeness (QED) is 0.353. The van der Waals surface area contributed by atoms with E-state index >= 15 is 0 Å². The summed E-state index contributed by atoms with van der Waals surface area (Å²) in [6.45, 7) is 7.81. The molecule has 3 aliphatic heterocycles. The summed E-state index contributed by atoms with van der Waals surface area (Å²) in [5.74, 6) is 1.39. The summed E-state index contributed by atoms with van der Waals surface area (Å²) in [6.07, 6.45) is 16.5. The van der Waals surface area contributed by atoms with Gasteiger partial charge in [-0.05, 0) is 132 Å². The molecule has 2 N–H and O–H groups in total. The minimum atomic E-state index is -3.92. The molecule has 1 amide bonds. The van der Waals surface area contributed by atoms with E-state index in [2.05, 4.69) is 33.7 Å². The molecule has 266 valence electrons. The molecule has 1 saturated carbocycles. The molecular weight excluding hydrogens is 646 g/mol. The van der Waals surface area contributed by atoms with Crippen molar-refractivity contribution in [3.8, 4) is 5.75 Å². The maximum atomic E-state index is 13.5. The van der Waals surface area contributed by atoms with Gasteiger partial charge in [-0.25, -0.2) is 13.1 Å². The van der Waals surface area contributed by atoms with E-state index in [1.54, 1.807) is 13.0 Å². The van der Waals surface area contributed by atoms with E-state index in [-0.39, 0.29) is 17.8 Å². The van der Waals surface area contributed by atoms with Crippen LogP contribution in [0.4, 0.5) is 5.69 Å². The van der Waals surface area contributed by atoms with Crippen molar-refractivity contribution in [2.45, 2.75) is 95.3 Å². The van der Waals surface area contributed by atoms with Crippen LogP contribution in [-0.4, -0.2) is 75.0 Å². The van der Waals surface area contributed by atoms with Gasteiger partial charge in [-0.1, -0.05) is 43.5 Å². The minimum Gasteiger partial charge on any atom is -0.491 e. The van der Waals surface area contributed by atoms with Crippen LogP contribution in [0.5, 0.6) is 5.75 Å². The van der Waals surface area contributed by atoms with Crippen LogP contribution in [0.1, 0.15) is 94.8 Å². The van der Waals surface area contributed by atoms with Gasteiger partial charge in [-0.15, -0.1) is 0 Å². The first-order chi connectivity index (χ1) is 22.9. The number of nitrogens with zero attached hydrogens (tertiary/aromatic N) is 2. The number of hydrogen-bond donors (Lipinski definition) is 2. The number of aliphatic hydroxyl groups is 1. The Kier molecular flexibility index (Phi) is 11.2. The van der Waals surface area contributed by atoms with Gasteiger partial charge in [0.2, 0.25) is 10.0 Å². The molecule has 1 saturated heterocycles. The molecule has 2 bridgehead atoms. The normalized spacial score (nSPS) is 36.6. The molecule has 3 heterocycles. The molecule has 4 unspecified atom stereocenters. The standard InChI is InChI=1S/C38H56ClN3O5S/c1-26-8-6-17-38(44,22-28-9-7-18-41(3)23-28)34-15-12-31(34)24-42-19-5-4-10-29-20-33(39)14-11-32(29)25-47-36-16-13-30(21-35(36)42)37(43)40-48(45,46)27(26)2/h11,13-14,16,20-21,26-29,31-32,34,44H,4-10,12,15,17-19,22-25H2,1-3H3,(H,40,43)/t26-,27?,28-,29?,31-,32?,34?,38-/m0/s1. The van der Waals surface area contributed by atoms with Crippen LogP contribution in [0.3, 0.4) is 0 Å². The van der Waals surface area contributed by atoms with Gasteiger partial charge < -0.3 is 19.6 Å². The molecule has 0 radical (unpaired) electrons. The number of hydrogen-bond acceptors (Lipinski definition) is 7. The number of anilines is 1. The van der Waals surface area contributed by atoms with Gasteiger partial charge in [-0.2, -0.15) is 0 Å². The zero-order valence-electron chi connectivity index (χ0n) is 29.1. The number of rotatable bonds is 2. The third-order valence-corrected chi connectivity index (χ3v) is 14.5. The fourth-order valence-electron chi connectivity index (χ4n) is 9.13. The lowest BCUT2D eigenvalue weighted by Gasteiger charge is -2.51. The summed E-state index contributed by atoms with van der Waals surface area (Å²) in [5.41, 5.74) is 0.340. The van der Waals surface area contributed by atoms with Crippen LogP contribution >= 0.6 is 11.6 Å². The molecule has 5 aliphatic rings. The summed E-state index contributed by atoms with van der Waals surface area (Å²) in [6, 6.07) is 5.33. The number of nitrogens with one attached hydrogen (secondary N) is 1. The highest BCUT2D eigenvalue weighted by molar-refractivity contribution is 7.90. The zero-order valence-corrected chi connectivity index (χ0v) is 30.7. The third-order valence-electron chi connectivity index (χ3n) is 12.4. The van der Waals surface area contributed by atoms with Crippen molar-refractivity contribution < 1.29 is 23.1 Å². The predicted molar refractivity (Wildman–Crippen MR) is 193 cm³/mol. The lowest BCUT2D eigenvalue weighted by Crippen LogP contribution is -2.52. The van der Waals surface area contributed by atoms with Gasteiger partial charge in [0.25, 0.3) is 5.91 Å². The molecule has 2 fully saturated rings. The SMILES string of the molecule is CC1[C@@H](C)CCC[C@](O)(C[C@@H]2CCCN(C)C2)C2CC[C@H]2CN2CCCCC3C=C(Cl)C=CC3COc3ccc(cc32)C(=O)NS1(=O)=O. The van der Waals surface area contributed by atoms with Crippen molar-refractivity contribution in [2.75, 3.05) is 44.7 Å². The van der Waals surface area contributed by atoms with Gasteiger partial charge in [0.15, 0.2) is 0 Å². The Labute approximate surface area is 293 Å². The highest BCUT2D eigenvalue weighted by Crippen LogP contribution is 2.49. The number of likely N-dealkylation sites (tertiary alicyclic amines) is 1. The first kappa shape index (κ1) is 35.7. The van der Waals surface area contributed by atoms with Crippen LogP contribution in [0.15, 0.2) is 41.5 Å². The van der Waals surface area contributed by atoms with E-state index in [0.717, 1.165) is 94.7 Å². The molecule has 8 atom stereocenters. The first-order valence-corrected chi connectivity index (χ1v) is 20.4. The smallest absolute Gasteiger partial charge is 0.264 e. The third kappa shape index (κ3) is 8.11. The zero-order chi connectivity index (χ0) is 34.1. The summed E-state index contributed by atoms with van der Waals surface area (Å²) in [5, 5.41) is 12.7. The van der Waals surface area contributed by atoms with Crippen LogP contribution in [0.25, 0.3) is 0 Å². The van der Waals surface area contributed by atoms with Crippen LogP contribution < -0.4 is 14.4 Å². The lowest BCUT2D eigenvalue weighted by atomic mass is 9.60. The highest BCUT2D eigenvalue weighted by atomic mass is 35.5. The second kappa shape index (κ2) is 15.0. The van der Waals surface area contributed by atoms with Gasteiger partial charge in [-0.3, -0.25) is 4.79 Å². The van der Waals surface area contributed by atoms with E-state index in [4.69, 9.17) is 16.3 Å². The number of benzene rings is 1. The maximum absolute atomic E-state index is 13.5. The van der Waals surface area contributed by atoms with E-state index < -0.39 is 26.8 Å². The average molecular weight is 702 g/mol. The van der Waals surface area contributed by atoms with E-state index in [0.29, 0.717) is 48.5 Å². The monoisotopic (exact) mass is 701 g/mol. The number of sulfonamides is 1. The molecule has 10 heteroatoms. The molecule has 1 aromatic rings. The Morgan fingerprint density at radius 2 is 1.85 bits per heavy atom. The molecule has 8 nitrogen and oxygen atoms in total. The van der Waals surface area contributed by atoms with E-state index in [1.807, 2.05) is 25.1 Å². The Bertz CT molecular complexity index is 1480. The number of carbonyl (C=O) groups is 1. The topological polar surface area (TPSA) is 99.2 Å². The van der Waals surface area contributed by atoms with Crippen molar-refractivity contribution in [2.24, 2.45) is 35.5 Å². The van der Waals surface area contributed by atoms with Crippen LogP contribution in [0.2, 0.25) is 0 Å². The van der Waals surface area contributed by atoms with Gasteiger partial charge in [0.1, 0.15) is 5.75 Å². The summed E-state index contributed by atoms with van der Waals surface area (Å²) in [7, 11) is -1.74. The number of allylic oxidation sites excluding steroid dienone is 3. The summed E-state index contributed by atoms with van der Waals surface area (Å²) in [4.78, 5) is 18.3. The van der Waals surface area contributed by atoms with Crippen LogP contribution in [0, 0.1) is 35.5 Å². The number of halogens is 1. The molecule has 1 aromatic carbocycles. The fraction of sp³-hybridized carbons (Fsp3) is 0.711. The minimum absolute atomic E-state index is 0.163. The second-order valence-electron chi connectivity index (χ2n) is 15.7. The molecular formula is C38H56ClN3O5S. The number of fused-ring (bicyclic) bond motifs is 3. The van der Waals surface area contributed by atoms with Crippen molar-refractivity contribution in [3.05, 3.63) is 47.0 Å². The first-order valence-electron chi connectivity index (χ1n) is 18.5. The van der Waals surface area contributed by atoms with Crippen molar-refractivity contribution >= 4 is 33.2 Å². The Balaban J connectivity index is 1.35. The molecule has 6 rings (SSSR count). The van der Waals surface area contributed by atoms with E-state index in [1.165, 1.54) is 0 Å². The summed E-state index contributed by atoms with van der Waals surface area (Å²) >= 11 is 6.41. The summed E-state index contributed by atoms with van der Waals surface area (Å²) < 4.78 is 35.9. The Hall–Kier alpha value is -2.07. The second-order valence-corrected chi connectivity index (χ2v) is 18.2. The number of carbonyl (C=O) groups excluding carboxylic acids is 1. The Morgan fingerprint density at radius 1 is 1.02 bits per heavy atom. The molecule has 2 aliphatic carbocycles. The molecule has 0 spiro atoms. The van der Waals surface area contributed by atoms with Gasteiger partial charge in [0, 0.05) is 36.1 Å². The van der Waals surface area contributed by atoms with Crippen molar-refractivity contribution in [3.63, 3.8) is 0 Å². The van der Waals surface area contributed by atoms with E-state index in [9.17, 15) is 18.3 Å². The van der Waals surface area contributed by atoms with Crippen molar-refractivity contribution in [1.82, 2.24) is 9.62 Å². The van der Waals surface area contributed by atoms with Crippen molar-refractivity contribution in [1.29, 1.82) is 0 Å². The Morgan fingerprint density at radius 3 is 2.62 bits per heavy atom. The number of piperidine rings is 1. The molecule has 48 heavy (non-hydrogen) atoms. The largest absolute Gasteiger partial charge is 0.491 e. The lowest BCUT2D eigenvalue weighted by molar-refractivity contribution is -0.106. The number of amides is 1. The van der Waals surface area contributed by atoms with Crippen LogP contribution in [-0.2, 0) is 10.0 Å². The van der Waals surface area contributed by atoms with Gasteiger partial charge >= 0.3 is 0 Å². The predicted octanol–water partition coefficient (Wildman–Crippen LogP) is 6.74. The molecule has 0 aromatic heterocycles. The highest BCUT2D eigenvalue weighted by Gasteiger charge is 2.48.